The van der Waals surface area contributed by atoms with Crippen molar-refractivity contribution in [3.63, 3.8) is 0 Å². The average Bonchev–Trinajstić information content (AvgIpc) is 3.28. The van der Waals surface area contributed by atoms with Gasteiger partial charge in [-0.3, -0.25) is 24.0 Å². The Morgan fingerprint density at radius 3 is 1.41 bits per heavy atom. The van der Waals surface area contributed by atoms with E-state index in [4.69, 9.17) is 65.4 Å². The molecule has 4 N–H and O–H groups in total. The quantitative estimate of drug-likeness (QED) is 0.0592. The van der Waals surface area contributed by atoms with Crippen molar-refractivity contribution >= 4 is 99.5 Å². The number of carbonyl (C=O) groups excluding carboxylic acids is 7. The lowest BCUT2D eigenvalue weighted by atomic mass is 9.85. The van der Waals surface area contributed by atoms with E-state index in [0.717, 1.165) is 59.6 Å². The highest BCUT2D eigenvalue weighted by molar-refractivity contribution is 6.36. The van der Waals surface area contributed by atoms with Crippen LogP contribution in [0.25, 0.3) is 0 Å². The summed E-state index contributed by atoms with van der Waals surface area (Å²) in [5.74, 6) is -8.86. The Balaban J connectivity index is 0.000000238. The zero-order chi connectivity index (χ0) is 52.9. The van der Waals surface area contributed by atoms with Gasteiger partial charge in [0.2, 0.25) is 5.92 Å². The van der Waals surface area contributed by atoms with Gasteiger partial charge >= 0.3 is 35.9 Å². The number of anilines is 2. The van der Waals surface area contributed by atoms with Crippen molar-refractivity contribution < 1.29 is 52.5 Å². The van der Waals surface area contributed by atoms with Crippen molar-refractivity contribution in [2.75, 3.05) is 50.9 Å². The number of ketones is 1. The van der Waals surface area contributed by atoms with E-state index < -0.39 is 59.1 Å². The Morgan fingerprint density at radius 2 is 0.986 bits per heavy atom. The highest BCUT2D eigenvalue weighted by atomic mass is 35.5. The number of fused-ring (bicyclic) bond motifs is 2. The number of ether oxygens (including phenoxy) is 4. The van der Waals surface area contributed by atoms with Gasteiger partial charge in [0.05, 0.1) is 0 Å². The number of benzene rings is 4. The maximum Gasteiger partial charge on any atom is 0.331 e. The van der Waals surface area contributed by atoms with Crippen LogP contribution in [-0.4, -0.2) is 103 Å². The maximum atomic E-state index is 12.3. The van der Waals surface area contributed by atoms with E-state index in [1.165, 1.54) is 27.7 Å². The molecule has 4 aromatic rings. The summed E-state index contributed by atoms with van der Waals surface area (Å²) in [4.78, 5) is 89.4. The van der Waals surface area contributed by atoms with Crippen molar-refractivity contribution in [2.45, 2.75) is 90.9 Å². The third-order valence-corrected chi connectivity index (χ3v) is 13.6. The Hall–Kier alpha value is -5.95. The zero-order valence-electron chi connectivity index (χ0n) is 41.0. The number of nitrogens with zero attached hydrogens (tertiary/aromatic N) is 2. The lowest BCUT2D eigenvalue weighted by Gasteiger charge is -2.33. The average molecular weight is 1100 g/mol. The first-order valence-corrected chi connectivity index (χ1v) is 25.0. The Kier molecular flexibility index (Phi) is 18.7. The lowest BCUT2D eigenvalue weighted by Crippen LogP contribution is -2.49. The van der Waals surface area contributed by atoms with E-state index >= 15 is 0 Å². The van der Waals surface area contributed by atoms with E-state index in [0.29, 0.717) is 37.9 Å². The first-order chi connectivity index (χ1) is 34.5. The Morgan fingerprint density at radius 1 is 0.595 bits per heavy atom. The molecule has 0 aliphatic carbocycles. The van der Waals surface area contributed by atoms with Gasteiger partial charge in [0.15, 0.2) is 11.7 Å². The predicted molar refractivity (Wildman–Crippen MR) is 281 cm³/mol. The molecule has 4 aromatic carbocycles. The van der Waals surface area contributed by atoms with Crippen molar-refractivity contribution in [1.82, 2.24) is 20.4 Å². The molecule has 0 aromatic heterocycles. The molecule has 21 heteroatoms. The highest BCUT2D eigenvalue weighted by Gasteiger charge is 2.47. The van der Waals surface area contributed by atoms with Gasteiger partial charge < -0.3 is 50.0 Å². The molecule has 0 radical (unpaired) electrons. The molecule has 74 heavy (non-hydrogen) atoms. The second-order valence-corrected chi connectivity index (χ2v) is 20.9. The molecule has 0 bridgehead atoms. The smallest absolute Gasteiger partial charge is 0.331 e. The minimum Gasteiger partial charge on any atom is -0.422 e. The van der Waals surface area contributed by atoms with Crippen LogP contribution in [0.3, 0.4) is 0 Å². The molecule has 0 spiro atoms. The molecular weight excluding hydrogens is 1040 g/mol. The van der Waals surface area contributed by atoms with Gasteiger partial charge in [-0.25, -0.2) is 9.59 Å². The van der Waals surface area contributed by atoms with E-state index in [1.54, 1.807) is 24.3 Å². The fraction of sp³-hybridized carbons (Fsp3) is 0.415. The largest absolute Gasteiger partial charge is 0.422 e. The van der Waals surface area contributed by atoms with Gasteiger partial charge in [0.25, 0.3) is 11.6 Å². The summed E-state index contributed by atoms with van der Waals surface area (Å²) >= 11 is 25.4. The zero-order valence-corrected chi connectivity index (χ0v) is 44.0. The van der Waals surface area contributed by atoms with Gasteiger partial charge in [-0.15, -0.1) is 0 Å². The molecule has 4 amide bonds. The number of urea groups is 2. The maximum absolute atomic E-state index is 12.3. The monoisotopic (exact) mass is 1100 g/mol. The fourth-order valence-corrected chi connectivity index (χ4v) is 10.3. The van der Waals surface area contributed by atoms with Gasteiger partial charge in [0.1, 0.15) is 0 Å². The standard InChI is InChI=1S/C26H27Cl2N3O6.C26H29Cl2N3O5.CH4/c1-26(2)36-23(33)22(24(34)37-26)21(32)8-9-29-25(35)30-16-6-4-14(5-7-16)18-12-31(3)13-19-17(18)10-15(27)11-20(19)28;1-26(2)35-23(32)18(24(33)36-26)5-4-10-29-25(34)30-17-8-6-15(7-9-17)20-13-31(3)14-21-19(20)11-16(27)12-22(21)28;/h4-7,10-11,18,22H,8-9,12-13H2,1-3H3,(H2,29,30,35);6-9,11-12,18,20H,4-5,10,13-14H2,1-3H3,(H2,29,30,34);1H4. The van der Waals surface area contributed by atoms with Crippen LogP contribution in [0, 0.1) is 11.8 Å². The summed E-state index contributed by atoms with van der Waals surface area (Å²) in [6.07, 6.45) is 0.414. The van der Waals surface area contributed by atoms with Crippen molar-refractivity contribution in [3.05, 3.63) is 126 Å². The van der Waals surface area contributed by atoms with Crippen LogP contribution in [0.5, 0.6) is 0 Å². The number of esters is 4. The molecular formula is C53H60Cl4N6O11. The van der Waals surface area contributed by atoms with Gasteiger partial charge in [-0.1, -0.05) is 78.1 Å². The van der Waals surface area contributed by atoms with E-state index in [9.17, 15) is 33.6 Å². The number of hydrogen-bond acceptors (Lipinski definition) is 13. The van der Waals surface area contributed by atoms with Gasteiger partial charge in [-0.2, -0.15) is 0 Å². The minimum atomic E-state index is -1.64. The number of halogens is 4. The molecule has 2 atom stereocenters. The van der Waals surface area contributed by atoms with E-state index in [-0.39, 0.29) is 51.2 Å². The molecule has 2 saturated heterocycles. The number of nitrogens with one attached hydrogen (secondary N) is 4. The molecule has 4 aliphatic heterocycles. The summed E-state index contributed by atoms with van der Waals surface area (Å²) in [5, 5.41) is 13.3. The summed E-state index contributed by atoms with van der Waals surface area (Å²) in [6, 6.07) is 21.7. The summed E-state index contributed by atoms with van der Waals surface area (Å²) in [7, 11) is 4.09. The van der Waals surface area contributed by atoms with Crippen LogP contribution in [0.4, 0.5) is 21.0 Å². The summed E-state index contributed by atoms with van der Waals surface area (Å²) < 4.78 is 20.1. The van der Waals surface area contributed by atoms with E-state index in [2.05, 4.69) is 38.1 Å². The third kappa shape index (κ3) is 14.5. The number of rotatable bonds is 12. The third-order valence-electron chi connectivity index (χ3n) is 12.5. The second kappa shape index (κ2) is 24.2. The second-order valence-electron chi connectivity index (χ2n) is 19.2. The Bertz CT molecular complexity index is 2750. The van der Waals surface area contributed by atoms with Crippen molar-refractivity contribution in [1.29, 1.82) is 0 Å². The topological polar surface area (TPSA) is 211 Å². The molecule has 4 aliphatic rings. The summed E-state index contributed by atoms with van der Waals surface area (Å²) in [6.45, 7) is 9.17. The number of cyclic esters (lactones) is 4. The molecule has 2 unspecified atom stereocenters. The molecule has 17 nitrogen and oxygen atoms in total. The molecule has 396 valence electrons. The van der Waals surface area contributed by atoms with Crippen LogP contribution < -0.4 is 21.3 Å². The van der Waals surface area contributed by atoms with Crippen LogP contribution in [0.2, 0.25) is 20.1 Å². The Labute approximate surface area is 450 Å². The highest BCUT2D eigenvalue weighted by Crippen LogP contribution is 2.40. The molecule has 8 rings (SSSR count). The fourth-order valence-electron chi connectivity index (χ4n) is 9.12. The van der Waals surface area contributed by atoms with Crippen LogP contribution >= 0.6 is 46.4 Å². The first kappa shape index (κ1) is 57.3. The van der Waals surface area contributed by atoms with Gasteiger partial charge in [-0.05, 0) is 109 Å². The number of amides is 4. The first-order valence-electron chi connectivity index (χ1n) is 23.5. The lowest BCUT2D eigenvalue weighted by molar-refractivity contribution is -0.241. The molecule has 4 heterocycles. The number of carbonyl (C=O) groups is 7. The number of Topliss-reactive ketones (excluding diaryl/α,β-unsaturated/α-hetero) is 1. The number of hydrogen-bond donors (Lipinski definition) is 4. The van der Waals surface area contributed by atoms with E-state index in [1.807, 2.05) is 55.6 Å². The van der Waals surface area contributed by atoms with Crippen molar-refractivity contribution in [2.24, 2.45) is 11.8 Å². The van der Waals surface area contributed by atoms with Crippen molar-refractivity contribution in [3.8, 4) is 0 Å². The number of likely N-dealkylation sites (N-methyl/N-ethyl adjacent to an activating group) is 2. The van der Waals surface area contributed by atoms with Gasteiger partial charge in [0, 0.05) is 117 Å². The molecule has 0 saturated carbocycles. The molecule has 2 fully saturated rings. The predicted octanol–water partition coefficient (Wildman–Crippen LogP) is 9.66. The van der Waals surface area contributed by atoms with Crippen LogP contribution in [0.1, 0.15) is 99.6 Å². The normalized spacial score (nSPS) is 19.3. The SMILES string of the molecule is C.CN1Cc2c(Cl)cc(Cl)cc2C(c2ccc(NC(=O)NCCC(=O)C3C(=O)OC(C)(C)OC3=O)cc2)C1.CN1Cc2c(Cl)cc(Cl)cc2C(c2ccc(NC(=O)NCCCC3C(=O)OC(C)(C)OC3=O)cc2)C1. The van der Waals surface area contributed by atoms with Crippen LogP contribution in [0.15, 0.2) is 72.8 Å². The van der Waals surface area contributed by atoms with Crippen LogP contribution in [-0.2, 0) is 56.0 Å². The summed E-state index contributed by atoms with van der Waals surface area (Å²) in [5.41, 5.74) is 7.71. The minimum absolute atomic E-state index is 0.